The van der Waals surface area contributed by atoms with E-state index in [1.165, 1.54) is 51.4 Å². The van der Waals surface area contributed by atoms with Crippen LogP contribution in [-0.4, -0.2) is 5.78 Å². The molecule has 0 aromatic rings. The van der Waals surface area contributed by atoms with Gasteiger partial charge in [-0.25, -0.2) is 0 Å². The second-order valence-electron chi connectivity index (χ2n) is 6.23. The van der Waals surface area contributed by atoms with Gasteiger partial charge in [0.1, 0.15) is 5.78 Å². The first-order valence-electron chi connectivity index (χ1n) is 7.84. The summed E-state index contributed by atoms with van der Waals surface area (Å²) in [5, 5.41) is 0. The Balaban J connectivity index is 1.84. The molecule has 2 saturated carbocycles. The molecular formula is C16H28O. The van der Waals surface area contributed by atoms with E-state index in [2.05, 4.69) is 6.92 Å². The largest absolute Gasteiger partial charge is 0.299 e. The predicted octanol–water partition coefficient (Wildman–Crippen LogP) is 4.74. The summed E-state index contributed by atoms with van der Waals surface area (Å²) in [5.74, 6) is 2.93. The van der Waals surface area contributed by atoms with Crippen molar-refractivity contribution in [3.8, 4) is 0 Å². The van der Waals surface area contributed by atoms with Gasteiger partial charge >= 0.3 is 0 Å². The highest BCUT2D eigenvalue weighted by Crippen LogP contribution is 2.41. The van der Waals surface area contributed by atoms with Crippen LogP contribution in [0, 0.1) is 17.8 Å². The molecule has 0 heterocycles. The average Bonchev–Trinajstić information content (AvgIpc) is 2.58. The minimum Gasteiger partial charge on any atom is -0.299 e. The molecule has 2 rings (SSSR count). The van der Waals surface area contributed by atoms with Crippen LogP contribution in [0.4, 0.5) is 0 Å². The Labute approximate surface area is 106 Å². The van der Waals surface area contributed by atoms with Crippen LogP contribution in [0.3, 0.4) is 0 Å². The SMILES string of the molecule is CCCCC(=O)C1CCC2CCCCC2CC1. The van der Waals surface area contributed by atoms with E-state index in [9.17, 15) is 4.79 Å². The number of rotatable bonds is 4. The van der Waals surface area contributed by atoms with Crippen molar-refractivity contribution in [1.82, 2.24) is 0 Å². The fourth-order valence-corrected chi connectivity index (χ4v) is 3.90. The van der Waals surface area contributed by atoms with Crippen LogP contribution in [0.2, 0.25) is 0 Å². The molecule has 2 aliphatic rings. The van der Waals surface area contributed by atoms with Crippen molar-refractivity contribution in [2.45, 2.75) is 77.6 Å². The summed E-state index contributed by atoms with van der Waals surface area (Å²) < 4.78 is 0. The van der Waals surface area contributed by atoms with Crippen molar-refractivity contribution in [2.75, 3.05) is 0 Å². The zero-order chi connectivity index (χ0) is 12.1. The average molecular weight is 236 g/mol. The Morgan fingerprint density at radius 2 is 1.53 bits per heavy atom. The van der Waals surface area contributed by atoms with E-state index in [1.807, 2.05) is 0 Å². The van der Waals surface area contributed by atoms with E-state index in [4.69, 9.17) is 0 Å². The first kappa shape index (κ1) is 13.1. The van der Waals surface area contributed by atoms with Gasteiger partial charge in [-0.15, -0.1) is 0 Å². The van der Waals surface area contributed by atoms with Gasteiger partial charge < -0.3 is 0 Å². The summed E-state index contributed by atoms with van der Waals surface area (Å²) in [6.45, 7) is 2.18. The van der Waals surface area contributed by atoms with Gasteiger partial charge in [0.25, 0.3) is 0 Å². The first-order chi connectivity index (χ1) is 8.31. The van der Waals surface area contributed by atoms with E-state index < -0.39 is 0 Å². The quantitative estimate of drug-likeness (QED) is 0.689. The van der Waals surface area contributed by atoms with Gasteiger partial charge in [0.2, 0.25) is 0 Å². The fraction of sp³-hybridized carbons (Fsp3) is 0.938. The number of carbonyl (C=O) groups is 1. The van der Waals surface area contributed by atoms with Crippen molar-refractivity contribution < 1.29 is 4.79 Å². The Kier molecular flexibility index (Phi) is 5.06. The molecule has 2 fully saturated rings. The minimum atomic E-state index is 0.423. The molecule has 0 spiro atoms. The van der Waals surface area contributed by atoms with Gasteiger partial charge in [-0.3, -0.25) is 4.79 Å². The van der Waals surface area contributed by atoms with E-state index >= 15 is 0 Å². The zero-order valence-corrected chi connectivity index (χ0v) is 11.4. The van der Waals surface area contributed by atoms with Crippen LogP contribution in [0.5, 0.6) is 0 Å². The number of carbonyl (C=O) groups excluding carboxylic acids is 1. The maximum atomic E-state index is 12.1. The summed E-state index contributed by atoms with van der Waals surface area (Å²) in [7, 11) is 0. The minimum absolute atomic E-state index is 0.423. The van der Waals surface area contributed by atoms with E-state index in [1.54, 1.807) is 0 Å². The highest BCUT2D eigenvalue weighted by atomic mass is 16.1. The van der Waals surface area contributed by atoms with Crippen LogP contribution >= 0.6 is 0 Å². The third-order valence-corrected chi connectivity index (χ3v) is 5.07. The van der Waals surface area contributed by atoms with Crippen LogP contribution in [-0.2, 0) is 4.79 Å². The molecule has 1 nitrogen and oxygen atoms in total. The number of ketones is 1. The van der Waals surface area contributed by atoms with Crippen molar-refractivity contribution in [1.29, 1.82) is 0 Å². The topological polar surface area (TPSA) is 17.1 Å². The van der Waals surface area contributed by atoms with Crippen LogP contribution < -0.4 is 0 Å². The van der Waals surface area contributed by atoms with E-state index in [-0.39, 0.29) is 0 Å². The monoisotopic (exact) mass is 236 g/mol. The zero-order valence-electron chi connectivity index (χ0n) is 11.4. The number of Topliss-reactive ketones (excluding diaryl/α,β-unsaturated/α-hetero) is 1. The molecular weight excluding hydrogens is 208 g/mol. The van der Waals surface area contributed by atoms with Gasteiger partial charge in [0.05, 0.1) is 0 Å². The summed E-state index contributed by atoms with van der Waals surface area (Å²) in [4.78, 5) is 12.1. The maximum Gasteiger partial charge on any atom is 0.135 e. The lowest BCUT2D eigenvalue weighted by molar-refractivity contribution is -0.123. The lowest BCUT2D eigenvalue weighted by Gasteiger charge is -2.29. The van der Waals surface area contributed by atoms with Crippen molar-refractivity contribution in [3.05, 3.63) is 0 Å². The molecule has 0 amide bonds. The maximum absolute atomic E-state index is 12.1. The highest BCUT2D eigenvalue weighted by molar-refractivity contribution is 5.80. The summed E-state index contributed by atoms with van der Waals surface area (Å²) in [5.41, 5.74) is 0. The second-order valence-corrected chi connectivity index (χ2v) is 6.23. The molecule has 0 radical (unpaired) electrons. The van der Waals surface area contributed by atoms with Gasteiger partial charge in [0.15, 0.2) is 0 Å². The number of hydrogen-bond donors (Lipinski definition) is 0. The van der Waals surface area contributed by atoms with Gasteiger partial charge in [-0.05, 0) is 43.9 Å². The lowest BCUT2D eigenvalue weighted by atomic mass is 9.77. The lowest BCUT2D eigenvalue weighted by Crippen LogP contribution is -2.17. The predicted molar refractivity (Wildman–Crippen MR) is 71.9 cm³/mol. The molecule has 2 unspecified atom stereocenters. The molecule has 2 atom stereocenters. The number of hydrogen-bond acceptors (Lipinski definition) is 1. The standard InChI is InChI=1S/C16H28O/c1-2-3-8-16(17)15-11-9-13-6-4-5-7-14(13)10-12-15/h13-15H,2-12H2,1H3. The van der Waals surface area contributed by atoms with Gasteiger partial charge in [-0.1, -0.05) is 39.0 Å². The van der Waals surface area contributed by atoms with E-state index in [0.717, 1.165) is 31.1 Å². The van der Waals surface area contributed by atoms with Crippen molar-refractivity contribution in [3.63, 3.8) is 0 Å². The van der Waals surface area contributed by atoms with Crippen molar-refractivity contribution in [2.24, 2.45) is 17.8 Å². The van der Waals surface area contributed by atoms with Gasteiger partial charge in [-0.2, -0.15) is 0 Å². The van der Waals surface area contributed by atoms with E-state index in [0.29, 0.717) is 11.7 Å². The Morgan fingerprint density at radius 3 is 2.06 bits per heavy atom. The van der Waals surface area contributed by atoms with Crippen LogP contribution in [0.25, 0.3) is 0 Å². The van der Waals surface area contributed by atoms with Crippen molar-refractivity contribution >= 4 is 5.78 Å². The Bertz CT molecular complexity index is 230. The summed E-state index contributed by atoms with van der Waals surface area (Å²) >= 11 is 0. The Morgan fingerprint density at radius 1 is 0.941 bits per heavy atom. The smallest absolute Gasteiger partial charge is 0.135 e. The molecule has 0 saturated heterocycles. The molecule has 17 heavy (non-hydrogen) atoms. The normalized spacial score (nSPS) is 33.8. The second kappa shape index (κ2) is 6.56. The molecule has 98 valence electrons. The fourth-order valence-electron chi connectivity index (χ4n) is 3.90. The number of fused-ring (bicyclic) bond motifs is 1. The molecule has 0 N–H and O–H groups in total. The number of unbranched alkanes of at least 4 members (excludes halogenated alkanes) is 1. The third-order valence-electron chi connectivity index (χ3n) is 5.07. The molecule has 0 aromatic heterocycles. The van der Waals surface area contributed by atoms with Crippen LogP contribution in [0.15, 0.2) is 0 Å². The molecule has 2 aliphatic carbocycles. The molecule has 0 bridgehead atoms. The molecule has 0 aromatic carbocycles. The summed E-state index contributed by atoms with van der Waals surface area (Å²) in [6, 6.07) is 0. The Hall–Kier alpha value is -0.330. The third kappa shape index (κ3) is 3.56. The molecule has 1 heteroatoms. The molecule has 0 aliphatic heterocycles. The highest BCUT2D eigenvalue weighted by Gasteiger charge is 2.31. The summed E-state index contributed by atoms with van der Waals surface area (Å²) in [6.07, 6.45) is 13.9. The van der Waals surface area contributed by atoms with Gasteiger partial charge in [0, 0.05) is 12.3 Å². The first-order valence-corrected chi connectivity index (χ1v) is 7.84. The van der Waals surface area contributed by atoms with Crippen LogP contribution in [0.1, 0.15) is 77.6 Å².